The lowest BCUT2D eigenvalue weighted by atomic mass is 9.96. The number of ketones is 2. The number of Topliss-reactive ketones (excluding diaryl/α,β-unsaturated/α-hetero) is 1. The van der Waals surface area contributed by atoms with E-state index in [0.717, 1.165) is 11.1 Å². The molecule has 27 heavy (non-hydrogen) atoms. The predicted molar refractivity (Wildman–Crippen MR) is 105 cm³/mol. The normalized spacial score (nSPS) is 10.4. The monoisotopic (exact) mass is 378 g/mol. The van der Waals surface area contributed by atoms with Crippen LogP contribution < -0.4 is 0 Å². The van der Waals surface area contributed by atoms with Crippen LogP contribution >= 0.6 is 11.3 Å². The number of carbonyl (C=O) groups excluding carboxylic acids is 3. The second-order valence-corrected chi connectivity index (χ2v) is 7.10. The molecule has 3 aromatic rings. The van der Waals surface area contributed by atoms with E-state index in [1.54, 1.807) is 47.8 Å². The lowest BCUT2D eigenvalue weighted by molar-refractivity contribution is 0.0474. The molecule has 0 aliphatic carbocycles. The molecule has 0 bridgehead atoms. The molecule has 0 amide bonds. The highest BCUT2D eigenvalue weighted by molar-refractivity contribution is 7.12. The summed E-state index contributed by atoms with van der Waals surface area (Å²) in [5.41, 5.74) is 3.01. The highest BCUT2D eigenvalue weighted by atomic mass is 32.1. The van der Waals surface area contributed by atoms with Crippen LogP contribution in [0.5, 0.6) is 0 Å². The maximum atomic E-state index is 12.9. The van der Waals surface area contributed by atoms with Gasteiger partial charge in [0.2, 0.25) is 5.78 Å². The van der Waals surface area contributed by atoms with Gasteiger partial charge in [-0.25, -0.2) is 4.79 Å². The fourth-order valence-electron chi connectivity index (χ4n) is 2.61. The van der Waals surface area contributed by atoms with Crippen LogP contribution in [0, 0.1) is 13.8 Å². The Labute approximate surface area is 161 Å². The summed E-state index contributed by atoms with van der Waals surface area (Å²) < 4.78 is 5.15. The van der Waals surface area contributed by atoms with E-state index in [-0.39, 0.29) is 29.3 Å². The predicted octanol–water partition coefficient (Wildman–Crippen LogP) is 4.64. The minimum Gasteiger partial charge on any atom is -0.454 e. The van der Waals surface area contributed by atoms with Crippen LogP contribution in [0.2, 0.25) is 0 Å². The maximum absolute atomic E-state index is 12.9. The van der Waals surface area contributed by atoms with Gasteiger partial charge >= 0.3 is 5.97 Å². The van der Waals surface area contributed by atoms with Gasteiger partial charge in [0.25, 0.3) is 0 Å². The van der Waals surface area contributed by atoms with Crippen LogP contribution in [0.15, 0.2) is 60.0 Å². The summed E-state index contributed by atoms with van der Waals surface area (Å²) in [6.45, 7) is 3.55. The van der Waals surface area contributed by atoms with Crippen LogP contribution in [0.4, 0.5) is 0 Å². The second-order valence-electron chi connectivity index (χ2n) is 6.15. The van der Waals surface area contributed by atoms with Crippen molar-refractivity contribution in [3.8, 4) is 0 Å². The zero-order chi connectivity index (χ0) is 19.4. The van der Waals surface area contributed by atoms with Crippen molar-refractivity contribution in [2.24, 2.45) is 0 Å². The first-order valence-corrected chi connectivity index (χ1v) is 9.30. The first kappa shape index (κ1) is 18.7. The van der Waals surface area contributed by atoms with Gasteiger partial charge in [0.05, 0.1) is 10.4 Å². The fourth-order valence-corrected chi connectivity index (χ4v) is 3.27. The molecule has 0 radical (unpaired) electrons. The lowest BCUT2D eigenvalue weighted by Gasteiger charge is -2.10. The molecule has 0 aliphatic rings. The fraction of sp³-hybridized carbons (Fsp3) is 0.136. The number of hydrogen-bond acceptors (Lipinski definition) is 5. The van der Waals surface area contributed by atoms with Crippen molar-refractivity contribution < 1.29 is 19.1 Å². The van der Waals surface area contributed by atoms with E-state index < -0.39 is 5.97 Å². The Balaban J connectivity index is 1.80. The van der Waals surface area contributed by atoms with E-state index in [9.17, 15) is 14.4 Å². The van der Waals surface area contributed by atoms with Gasteiger partial charge in [0.15, 0.2) is 12.4 Å². The van der Waals surface area contributed by atoms with Crippen LogP contribution in [0.3, 0.4) is 0 Å². The number of benzene rings is 2. The Morgan fingerprint density at radius 2 is 1.63 bits per heavy atom. The average molecular weight is 378 g/mol. The van der Waals surface area contributed by atoms with Gasteiger partial charge in [-0.15, -0.1) is 11.3 Å². The minimum absolute atomic E-state index is 0.153. The molecule has 2 aromatic carbocycles. The Morgan fingerprint density at radius 3 is 2.30 bits per heavy atom. The van der Waals surface area contributed by atoms with Gasteiger partial charge in [-0.05, 0) is 48.6 Å². The maximum Gasteiger partial charge on any atom is 0.339 e. The molecule has 0 saturated heterocycles. The Bertz CT molecular complexity index is 1000. The number of thiophene rings is 1. The molecule has 5 heteroatoms. The van der Waals surface area contributed by atoms with Gasteiger partial charge in [-0.1, -0.05) is 36.4 Å². The average Bonchev–Trinajstić information content (AvgIpc) is 3.22. The number of aryl methyl sites for hydroxylation is 2. The van der Waals surface area contributed by atoms with Crippen molar-refractivity contribution >= 4 is 28.9 Å². The topological polar surface area (TPSA) is 60.4 Å². The number of rotatable bonds is 6. The highest BCUT2D eigenvalue weighted by Gasteiger charge is 2.20. The van der Waals surface area contributed by atoms with Crippen LogP contribution in [-0.2, 0) is 4.74 Å². The van der Waals surface area contributed by atoms with Gasteiger partial charge in [-0.2, -0.15) is 0 Å². The summed E-state index contributed by atoms with van der Waals surface area (Å²) in [5.74, 6) is -1.21. The Morgan fingerprint density at radius 1 is 0.889 bits per heavy atom. The van der Waals surface area contributed by atoms with Gasteiger partial charge in [0.1, 0.15) is 0 Å². The Hall–Kier alpha value is -3.05. The van der Waals surface area contributed by atoms with Crippen LogP contribution in [0.25, 0.3) is 0 Å². The van der Waals surface area contributed by atoms with Crippen LogP contribution in [0.1, 0.15) is 47.1 Å². The molecule has 1 aromatic heterocycles. The quantitative estimate of drug-likeness (QED) is 0.463. The van der Waals surface area contributed by atoms with Crippen molar-refractivity contribution in [3.05, 3.63) is 92.7 Å². The summed E-state index contributed by atoms with van der Waals surface area (Å²) in [6, 6.07) is 15.4. The van der Waals surface area contributed by atoms with Gasteiger partial charge in [-0.3, -0.25) is 9.59 Å². The molecular formula is C22H18O4S. The first-order chi connectivity index (χ1) is 13.0. The van der Waals surface area contributed by atoms with E-state index in [1.807, 2.05) is 19.9 Å². The van der Waals surface area contributed by atoms with Crippen molar-refractivity contribution in [1.29, 1.82) is 0 Å². The third kappa shape index (κ3) is 4.20. The molecule has 0 saturated carbocycles. The van der Waals surface area contributed by atoms with Crippen molar-refractivity contribution in [1.82, 2.24) is 0 Å². The third-order valence-electron chi connectivity index (χ3n) is 4.29. The summed E-state index contributed by atoms with van der Waals surface area (Å²) in [7, 11) is 0. The summed E-state index contributed by atoms with van der Waals surface area (Å²) >= 11 is 1.29. The molecule has 3 rings (SSSR count). The molecule has 136 valence electrons. The van der Waals surface area contributed by atoms with Crippen molar-refractivity contribution in [2.75, 3.05) is 6.61 Å². The van der Waals surface area contributed by atoms with Crippen LogP contribution in [-0.4, -0.2) is 24.1 Å². The number of hydrogen-bond donors (Lipinski definition) is 0. The molecule has 0 fully saturated rings. The standard InChI is InChI=1S/C22H18O4S/c1-14-9-10-16(12-15(14)2)21(24)17-6-3-4-7-18(17)22(25)26-13-19(23)20-8-5-11-27-20/h3-12H,13H2,1-2H3. The highest BCUT2D eigenvalue weighted by Crippen LogP contribution is 2.18. The molecule has 0 atom stereocenters. The molecule has 0 aliphatic heterocycles. The second kappa shape index (κ2) is 8.10. The number of ether oxygens (including phenoxy) is 1. The minimum atomic E-state index is -0.687. The van der Waals surface area contributed by atoms with E-state index in [1.165, 1.54) is 17.4 Å². The molecule has 4 nitrogen and oxygen atoms in total. The summed E-state index contributed by atoms with van der Waals surface area (Å²) in [4.78, 5) is 37.9. The van der Waals surface area contributed by atoms with E-state index in [2.05, 4.69) is 0 Å². The first-order valence-electron chi connectivity index (χ1n) is 8.42. The number of esters is 1. The Kier molecular flexibility index (Phi) is 5.62. The molecule has 1 heterocycles. The SMILES string of the molecule is Cc1ccc(C(=O)c2ccccc2C(=O)OCC(=O)c2cccs2)cc1C. The largest absolute Gasteiger partial charge is 0.454 e. The molecule has 0 unspecified atom stereocenters. The van der Waals surface area contributed by atoms with Crippen molar-refractivity contribution in [3.63, 3.8) is 0 Å². The van der Waals surface area contributed by atoms with Gasteiger partial charge in [0, 0.05) is 11.1 Å². The molecule has 0 spiro atoms. The van der Waals surface area contributed by atoms with Crippen molar-refractivity contribution in [2.45, 2.75) is 13.8 Å². The molecular weight excluding hydrogens is 360 g/mol. The number of carbonyl (C=O) groups is 3. The summed E-state index contributed by atoms with van der Waals surface area (Å²) in [6.07, 6.45) is 0. The summed E-state index contributed by atoms with van der Waals surface area (Å²) in [5, 5.41) is 1.78. The zero-order valence-electron chi connectivity index (χ0n) is 15.0. The van der Waals surface area contributed by atoms with E-state index >= 15 is 0 Å². The zero-order valence-corrected chi connectivity index (χ0v) is 15.8. The lowest BCUT2D eigenvalue weighted by Crippen LogP contribution is -2.16. The van der Waals surface area contributed by atoms with E-state index in [0.29, 0.717) is 10.4 Å². The van der Waals surface area contributed by atoms with E-state index in [4.69, 9.17) is 4.74 Å². The third-order valence-corrected chi connectivity index (χ3v) is 5.20. The molecule has 0 N–H and O–H groups in total. The van der Waals surface area contributed by atoms with Gasteiger partial charge < -0.3 is 4.74 Å². The smallest absolute Gasteiger partial charge is 0.339 e.